The molecule has 1 unspecified atom stereocenters. The fourth-order valence-electron chi connectivity index (χ4n) is 2.94. The molecule has 2 aromatic rings. The van der Waals surface area contributed by atoms with Gasteiger partial charge in [0.05, 0.1) is 11.6 Å². The van der Waals surface area contributed by atoms with Crippen molar-refractivity contribution < 1.29 is 0 Å². The molecule has 0 aliphatic carbocycles. The van der Waals surface area contributed by atoms with Crippen LogP contribution >= 0.6 is 15.9 Å². The average molecular weight is 356 g/mol. The lowest BCUT2D eigenvalue weighted by Gasteiger charge is -2.19. The normalized spacial score (nSPS) is 18.4. The quantitative estimate of drug-likeness (QED) is 0.784. The van der Waals surface area contributed by atoms with E-state index in [0.717, 1.165) is 36.0 Å². The molecule has 0 saturated heterocycles. The van der Waals surface area contributed by atoms with Crippen molar-refractivity contribution in [2.75, 3.05) is 11.9 Å². The van der Waals surface area contributed by atoms with E-state index < -0.39 is 0 Å². The monoisotopic (exact) mass is 355 g/mol. The van der Waals surface area contributed by atoms with Crippen molar-refractivity contribution in [1.29, 1.82) is 5.26 Å². The summed E-state index contributed by atoms with van der Waals surface area (Å²) in [6, 6.07) is 10.7. The summed E-state index contributed by atoms with van der Waals surface area (Å²) in [5, 5.41) is 12.5. The summed E-state index contributed by atoms with van der Waals surface area (Å²) in [6.07, 6.45) is 7.09. The first-order chi connectivity index (χ1) is 10.7. The van der Waals surface area contributed by atoms with Crippen molar-refractivity contribution in [3.63, 3.8) is 0 Å². The highest BCUT2D eigenvalue weighted by atomic mass is 79.9. The van der Waals surface area contributed by atoms with Crippen molar-refractivity contribution in [3.8, 4) is 6.07 Å². The Morgan fingerprint density at radius 2 is 2.23 bits per heavy atom. The second-order valence-corrected chi connectivity index (χ2v) is 6.60. The van der Waals surface area contributed by atoms with Crippen LogP contribution in [0, 0.1) is 11.3 Å². The smallest absolute Gasteiger partial charge is 0.101 e. The maximum absolute atomic E-state index is 8.99. The average Bonchev–Trinajstić information content (AvgIpc) is 3.01. The molecule has 0 amide bonds. The third-order valence-corrected chi connectivity index (χ3v) is 4.66. The molecule has 1 N–H and O–H groups in total. The predicted octanol–water partition coefficient (Wildman–Crippen LogP) is 4.97. The molecule has 112 valence electrons. The minimum Gasteiger partial charge on any atom is -0.382 e. The Morgan fingerprint density at radius 1 is 1.36 bits per heavy atom. The van der Waals surface area contributed by atoms with Crippen LogP contribution < -0.4 is 5.32 Å². The Labute approximate surface area is 139 Å². The zero-order valence-corrected chi connectivity index (χ0v) is 13.9. The molecule has 3 nitrogen and oxygen atoms in total. The largest absolute Gasteiger partial charge is 0.382 e. The molecule has 22 heavy (non-hydrogen) atoms. The van der Waals surface area contributed by atoms with Gasteiger partial charge in [0.1, 0.15) is 6.07 Å². The standard InChI is InChI=1S/C18H18BrN3/c1-13-3-2-4-16(22-8-7-14(10-20)12-22)11-21-18-6-5-15(19)9-17(13)18/h5-9,12,16,21H,1-4,11H2. The molecule has 0 spiro atoms. The van der Waals surface area contributed by atoms with Gasteiger partial charge in [-0.2, -0.15) is 5.26 Å². The zero-order chi connectivity index (χ0) is 15.5. The van der Waals surface area contributed by atoms with Gasteiger partial charge in [0.25, 0.3) is 0 Å². The molecule has 0 fully saturated rings. The molecule has 3 rings (SSSR count). The van der Waals surface area contributed by atoms with Gasteiger partial charge in [0, 0.05) is 34.7 Å². The van der Waals surface area contributed by atoms with Crippen LogP contribution in [0.3, 0.4) is 0 Å². The molecule has 0 saturated carbocycles. The topological polar surface area (TPSA) is 40.8 Å². The number of halogens is 1. The molecule has 2 heterocycles. The summed E-state index contributed by atoms with van der Waals surface area (Å²) in [5.41, 5.74) is 4.22. The van der Waals surface area contributed by atoms with Crippen LogP contribution in [0.25, 0.3) is 5.57 Å². The summed E-state index contributed by atoms with van der Waals surface area (Å²) >= 11 is 3.54. The first-order valence-corrected chi connectivity index (χ1v) is 8.26. The predicted molar refractivity (Wildman–Crippen MR) is 93.7 cm³/mol. The van der Waals surface area contributed by atoms with E-state index in [1.165, 1.54) is 11.1 Å². The highest BCUT2D eigenvalue weighted by Crippen LogP contribution is 2.32. The number of hydrogen-bond donors (Lipinski definition) is 1. The molecule has 4 heteroatoms. The number of rotatable bonds is 1. The van der Waals surface area contributed by atoms with E-state index in [1.807, 2.05) is 18.5 Å². The number of nitrogens with one attached hydrogen (secondary N) is 1. The van der Waals surface area contributed by atoms with Crippen LogP contribution in [0.1, 0.15) is 36.4 Å². The lowest BCUT2D eigenvalue weighted by atomic mass is 10.00. The fraction of sp³-hybridized carbons (Fsp3) is 0.278. The second-order valence-electron chi connectivity index (χ2n) is 5.68. The van der Waals surface area contributed by atoms with Gasteiger partial charge >= 0.3 is 0 Å². The van der Waals surface area contributed by atoms with Gasteiger partial charge in [0.15, 0.2) is 0 Å². The Balaban J connectivity index is 1.86. The number of aromatic nitrogens is 1. The van der Waals surface area contributed by atoms with E-state index in [0.29, 0.717) is 11.6 Å². The molecule has 1 atom stereocenters. The Bertz CT molecular complexity index is 739. The van der Waals surface area contributed by atoms with Crippen LogP contribution in [-0.4, -0.2) is 11.1 Å². The summed E-state index contributed by atoms with van der Waals surface area (Å²) in [7, 11) is 0. The van der Waals surface area contributed by atoms with Gasteiger partial charge in [-0.25, -0.2) is 0 Å². The van der Waals surface area contributed by atoms with Crippen LogP contribution in [0.5, 0.6) is 0 Å². The van der Waals surface area contributed by atoms with Crippen LogP contribution in [0.15, 0.2) is 47.7 Å². The zero-order valence-electron chi connectivity index (χ0n) is 12.3. The lowest BCUT2D eigenvalue weighted by Crippen LogP contribution is -2.17. The Kier molecular flexibility index (Phi) is 4.35. The molecule has 1 aliphatic heterocycles. The van der Waals surface area contributed by atoms with Crippen LogP contribution in [0.2, 0.25) is 0 Å². The van der Waals surface area contributed by atoms with Gasteiger partial charge in [-0.15, -0.1) is 0 Å². The van der Waals surface area contributed by atoms with E-state index in [4.69, 9.17) is 5.26 Å². The first-order valence-electron chi connectivity index (χ1n) is 7.46. The van der Waals surface area contributed by atoms with Gasteiger partial charge in [-0.05, 0) is 49.1 Å². The van der Waals surface area contributed by atoms with Crippen LogP contribution in [-0.2, 0) is 0 Å². The third-order valence-electron chi connectivity index (χ3n) is 4.17. The molecular formula is C18H18BrN3. The molecular weight excluding hydrogens is 338 g/mol. The van der Waals surface area contributed by atoms with E-state index >= 15 is 0 Å². The van der Waals surface area contributed by atoms with Crippen LogP contribution in [0.4, 0.5) is 5.69 Å². The number of hydrogen-bond acceptors (Lipinski definition) is 2. The van der Waals surface area contributed by atoms with Crippen molar-refractivity contribution >= 4 is 27.2 Å². The molecule has 0 bridgehead atoms. The summed E-state index contributed by atoms with van der Waals surface area (Å²) in [5.74, 6) is 0. The summed E-state index contributed by atoms with van der Waals surface area (Å²) < 4.78 is 3.23. The molecule has 1 aromatic heterocycles. The fourth-order valence-corrected chi connectivity index (χ4v) is 3.30. The number of nitriles is 1. The van der Waals surface area contributed by atoms with E-state index in [-0.39, 0.29) is 0 Å². The Morgan fingerprint density at radius 3 is 3.00 bits per heavy atom. The summed E-state index contributed by atoms with van der Waals surface area (Å²) in [4.78, 5) is 0. The van der Waals surface area contributed by atoms with Gasteiger partial charge in [-0.1, -0.05) is 22.5 Å². The first kappa shape index (κ1) is 14.9. The van der Waals surface area contributed by atoms with Gasteiger partial charge in [0.2, 0.25) is 0 Å². The third kappa shape index (κ3) is 3.10. The summed E-state index contributed by atoms with van der Waals surface area (Å²) in [6.45, 7) is 5.09. The van der Waals surface area contributed by atoms with Gasteiger partial charge < -0.3 is 9.88 Å². The molecule has 1 aliphatic rings. The van der Waals surface area contributed by atoms with Crippen molar-refractivity contribution in [3.05, 3.63) is 58.8 Å². The SMILES string of the molecule is C=C1CCCC(n2ccc(C#N)c2)CNc2ccc(Br)cc21. The van der Waals surface area contributed by atoms with E-state index in [9.17, 15) is 0 Å². The lowest BCUT2D eigenvalue weighted by molar-refractivity contribution is 0.477. The van der Waals surface area contributed by atoms with Crippen molar-refractivity contribution in [1.82, 2.24) is 4.57 Å². The number of benzene rings is 1. The second kappa shape index (κ2) is 6.41. The highest BCUT2D eigenvalue weighted by Gasteiger charge is 2.16. The highest BCUT2D eigenvalue weighted by molar-refractivity contribution is 9.10. The minimum atomic E-state index is 0.351. The van der Waals surface area contributed by atoms with Crippen molar-refractivity contribution in [2.24, 2.45) is 0 Å². The number of anilines is 1. The number of fused-ring (bicyclic) bond motifs is 1. The maximum Gasteiger partial charge on any atom is 0.101 e. The van der Waals surface area contributed by atoms with Gasteiger partial charge in [-0.3, -0.25) is 0 Å². The number of allylic oxidation sites excluding steroid dienone is 1. The number of nitrogens with zero attached hydrogens (tertiary/aromatic N) is 2. The Hall–Kier alpha value is -1.99. The van der Waals surface area contributed by atoms with E-state index in [1.54, 1.807) is 0 Å². The molecule has 1 aromatic carbocycles. The molecule has 0 radical (unpaired) electrons. The maximum atomic E-state index is 8.99. The van der Waals surface area contributed by atoms with E-state index in [2.05, 4.69) is 56.7 Å². The minimum absolute atomic E-state index is 0.351. The van der Waals surface area contributed by atoms with Crippen molar-refractivity contribution in [2.45, 2.75) is 25.3 Å².